The zero-order chi connectivity index (χ0) is 22.8. The van der Waals surface area contributed by atoms with Crippen molar-refractivity contribution in [3.63, 3.8) is 0 Å². The van der Waals surface area contributed by atoms with Crippen LogP contribution in [0.4, 0.5) is 5.69 Å². The third-order valence-corrected chi connectivity index (χ3v) is 6.33. The average molecular weight is 481 g/mol. The number of halogens is 2. The molecule has 8 nitrogen and oxygen atoms in total. The minimum absolute atomic E-state index is 0.00643. The van der Waals surface area contributed by atoms with Gasteiger partial charge in [0.15, 0.2) is 5.75 Å². The van der Waals surface area contributed by atoms with Crippen LogP contribution in [0.25, 0.3) is 0 Å². The first-order chi connectivity index (χ1) is 14.6. The third kappa shape index (κ3) is 4.91. The molecule has 0 bridgehead atoms. The van der Waals surface area contributed by atoms with Gasteiger partial charge in [-0.15, -0.1) is 0 Å². The van der Waals surface area contributed by atoms with Crippen LogP contribution in [-0.4, -0.2) is 25.3 Å². The predicted molar refractivity (Wildman–Crippen MR) is 114 cm³/mol. The van der Waals surface area contributed by atoms with Crippen LogP contribution in [-0.2, 0) is 19.4 Å². The van der Waals surface area contributed by atoms with Gasteiger partial charge in [0.2, 0.25) is 9.84 Å². The standard InChI is InChI=1S/C20H14Cl2N2O6S/c21-14-8-11(24-20(27)19(23)26)9-15(22)18(14)30-12-6-7-16(25)17(10-12)31(28,29)13-4-2-1-3-5-13/h1-10,25H,(H2,23,26)(H,24,27). The van der Waals surface area contributed by atoms with Crippen LogP contribution >= 0.6 is 23.2 Å². The maximum atomic E-state index is 12.8. The quantitative estimate of drug-likeness (QED) is 0.475. The molecule has 3 aromatic rings. The number of hydrogen-bond acceptors (Lipinski definition) is 6. The monoisotopic (exact) mass is 480 g/mol. The Hall–Kier alpha value is -3.27. The van der Waals surface area contributed by atoms with Crippen LogP contribution in [0.1, 0.15) is 0 Å². The fraction of sp³-hybridized carbons (Fsp3) is 0. The van der Waals surface area contributed by atoms with E-state index < -0.39 is 27.4 Å². The van der Waals surface area contributed by atoms with Crippen molar-refractivity contribution in [2.24, 2.45) is 5.73 Å². The Labute approximate surface area is 187 Å². The van der Waals surface area contributed by atoms with E-state index in [2.05, 4.69) is 5.32 Å². The minimum Gasteiger partial charge on any atom is -0.507 e. The summed E-state index contributed by atoms with van der Waals surface area (Å²) in [7, 11) is -4.02. The molecule has 0 saturated carbocycles. The van der Waals surface area contributed by atoms with E-state index in [0.29, 0.717) is 0 Å². The number of carbonyl (C=O) groups is 2. The number of ether oxygens (including phenoxy) is 1. The van der Waals surface area contributed by atoms with Crippen molar-refractivity contribution in [3.05, 3.63) is 70.7 Å². The number of phenolic OH excluding ortho intramolecular Hbond substituents is 1. The van der Waals surface area contributed by atoms with Crippen LogP contribution in [0.5, 0.6) is 17.2 Å². The van der Waals surface area contributed by atoms with Gasteiger partial charge >= 0.3 is 11.8 Å². The van der Waals surface area contributed by atoms with Crippen molar-refractivity contribution in [1.82, 2.24) is 0 Å². The van der Waals surface area contributed by atoms with Gasteiger partial charge in [0, 0.05) is 11.8 Å². The predicted octanol–water partition coefficient (Wildman–Crippen LogP) is 3.75. The SMILES string of the molecule is NC(=O)C(=O)Nc1cc(Cl)c(Oc2ccc(O)c(S(=O)(=O)c3ccccc3)c2)c(Cl)c1. The number of aromatic hydroxyl groups is 1. The van der Waals surface area contributed by atoms with Gasteiger partial charge in [-0.05, 0) is 36.4 Å². The molecule has 0 aliphatic carbocycles. The summed E-state index contributed by atoms with van der Waals surface area (Å²) in [6.07, 6.45) is 0. The van der Waals surface area contributed by atoms with Gasteiger partial charge in [-0.2, -0.15) is 0 Å². The molecule has 0 atom stereocenters. The molecule has 0 aliphatic heterocycles. The molecule has 2 amide bonds. The maximum Gasteiger partial charge on any atom is 0.313 e. The third-order valence-electron chi connectivity index (χ3n) is 3.97. The van der Waals surface area contributed by atoms with Gasteiger partial charge in [0.1, 0.15) is 16.4 Å². The Morgan fingerprint density at radius 3 is 2.16 bits per heavy atom. The summed E-state index contributed by atoms with van der Waals surface area (Å²) in [5.74, 6) is -2.71. The molecule has 0 fully saturated rings. The van der Waals surface area contributed by atoms with Gasteiger partial charge in [-0.1, -0.05) is 41.4 Å². The molecular weight excluding hydrogens is 467 g/mol. The first kappa shape index (κ1) is 22.4. The van der Waals surface area contributed by atoms with E-state index in [0.717, 1.165) is 12.1 Å². The number of phenols is 1. The van der Waals surface area contributed by atoms with Crippen molar-refractivity contribution in [2.75, 3.05) is 5.32 Å². The zero-order valence-electron chi connectivity index (χ0n) is 15.5. The molecule has 0 unspecified atom stereocenters. The Morgan fingerprint density at radius 1 is 0.968 bits per heavy atom. The smallest absolute Gasteiger partial charge is 0.313 e. The molecular formula is C20H14Cl2N2O6S. The summed E-state index contributed by atoms with van der Waals surface area (Å²) >= 11 is 12.3. The summed E-state index contributed by atoms with van der Waals surface area (Å²) in [6, 6.07) is 13.7. The molecule has 0 aromatic heterocycles. The highest BCUT2D eigenvalue weighted by Crippen LogP contribution is 2.40. The van der Waals surface area contributed by atoms with Gasteiger partial charge in [0.05, 0.1) is 14.9 Å². The highest BCUT2D eigenvalue weighted by molar-refractivity contribution is 7.91. The summed E-state index contributed by atoms with van der Waals surface area (Å²) < 4.78 is 31.3. The van der Waals surface area contributed by atoms with Crippen molar-refractivity contribution in [1.29, 1.82) is 0 Å². The van der Waals surface area contributed by atoms with E-state index in [1.54, 1.807) is 18.2 Å². The Bertz CT molecular complexity index is 1260. The second kappa shape index (κ2) is 8.84. The van der Waals surface area contributed by atoms with Crippen molar-refractivity contribution < 1.29 is 27.9 Å². The number of hydrogen-bond donors (Lipinski definition) is 3. The maximum absolute atomic E-state index is 12.8. The van der Waals surface area contributed by atoms with Gasteiger partial charge in [-0.3, -0.25) is 9.59 Å². The van der Waals surface area contributed by atoms with E-state index in [4.69, 9.17) is 33.7 Å². The van der Waals surface area contributed by atoms with Crippen molar-refractivity contribution in [3.8, 4) is 17.2 Å². The molecule has 0 radical (unpaired) electrons. The Kier molecular flexibility index (Phi) is 6.40. The highest BCUT2D eigenvalue weighted by atomic mass is 35.5. The molecule has 0 saturated heterocycles. The summed E-state index contributed by atoms with van der Waals surface area (Å²) in [4.78, 5) is 21.9. The summed E-state index contributed by atoms with van der Waals surface area (Å²) in [5.41, 5.74) is 4.99. The summed E-state index contributed by atoms with van der Waals surface area (Å²) in [5, 5.41) is 12.3. The minimum atomic E-state index is -4.02. The van der Waals surface area contributed by atoms with Crippen LogP contribution in [0.3, 0.4) is 0 Å². The topological polar surface area (TPSA) is 136 Å². The molecule has 3 aromatic carbocycles. The number of benzene rings is 3. The first-order valence-corrected chi connectivity index (χ1v) is 10.7. The summed E-state index contributed by atoms with van der Waals surface area (Å²) in [6.45, 7) is 0. The molecule has 0 aliphatic rings. The van der Waals surface area contributed by atoms with Crippen LogP contribution < -0.4 is 15.8 Å². The first-order valence-electron chi connectivity index (χ1n) is 8.50. The van der Waals surface area contributed by atoms with Gasteiger partial charge in [-0.25, -0.2) is 8.42 Å². The van der Waals surface area contributed by atoms with E-state index in [-0.39, 0.29) is 37.0 Å². The second-order valence-corrected chi connectivity index (χ2v) is 8.87. The van der Waals surface area contributed by atoms with Crippen LogP contribution in [0.2, 0.25) is 10.0 Å². The second-order valence-electron chi connectivity index (χ2n) is 6.14. The fourth-order valence-electron chi connectivity index (χ4n) is 2.54. The number of nitrogens with two attached hydrogens (primary N) is 1. The van der Waals surface area contributed by atoms with Crippen LogP contribution in [0, 0.1) is 0 Å². The number of amides is 2. The molecule has 0 heterocycles. The Morgan fingerprint density at radius 2 is 1.58 bits per heavy atom. The Balaban J connectivity index is 1.95. The largest absolute Gasteiger partial charge is 0.507 e. The molecule has 11 heteroatoms. The average Bonchev–Trinajstić information content (AvgIpc) is 2.72. The van der Waals surface area contributed by atoms with E-state index in [9.17, 15) is 23.1 Å². The fourth-order valence-corrected chi connectivity index (χ4v) is 4.49. The highest BCUT2D eigenvalue weighted by Gasteiger charge is 2.23. The van der Waals surface area contributed by atoms with Crippen molar-refractivity contribution >= 4 is 50.5 Å². The molecule has 31 heavy (non-hydrogen) atoms. The lowest BCUT2D eigenvalue weighted by molar-refractivity contribution is -0.134. The zero-order valence-corrected chi connectivity index (χ0v) is 17.8. The lowest BCUT2D eigenvalue weighted by Gasteiger charge is -2.13. The lowest BCUT2D eigenvalue weighted by Crippen LogP contribution is -2.29. The van der Waals surface area contributed by atoms with Gasteiger partial charge < -0.3 is 20.9 Å². The number of primary amides is 1. The number of sulfone groups is 1. The van der Waals surface area contributed by atoms with E-state index in [1.807, 2.05) is 0 Å². The van der Waals surface area contributed by atoms with Gasteiger partial charge in [0.25, 0.3) is 0 Å². The number of rotatable bonds is 5. The molecule has 0 spiro atoms. The van der Waals surface area contributed by atoms with Crippen molar-refractivity contribution in [2.45, 2.75) is 9.79 Å². The molecule has 3 rings (SSSR count). The number of anilines is 1. The molecule has 160 valence electrons. The number of nitrogens with one attached hydrogen (secondary N) is 1. The lowest BCUT2D eigenvalue weighted by atomic mass is 10.2. The van der Waals surface area contributed by atoms with E-state index >= 15 is 0 Å². The number of carbonyl (C=O) groups excluding carboxylic acids is 2. The molecule has 4 N–H and O–H groups in total. The van der Waals surface area contributed by atoms with Crippen LogP contribution in [0.15, 0.2) is 70.5 Å². The van der Waals surface area contributed by atoms with E-state index in [1.165, 1.54) is 30.3 Å². The normalized spacial score (nSPS) is 11.0.